The highest BCUT2D eigenvalue weighted by Gasteiger charge is 2.18. The Bertz CT molecular complexity index is 845. The van der Waals surface area contributed by atoms with Crippen molar-refractivity contribution in [3.8, 4) is 0 Å². The van der Waals surface area contributed by atoms with E-state index in [2.05, 4.69) is 46.6 Å². The van der Waals surface area contributed by atoms with Crippen LogP contribution in [0.4, 0.5) is 5.69 Å². The Morgan fingerprint density at radius 3 is 1.79 bits per heavy atom. The summed E-state index contributed by atoms with van der Waals surface area (Å²) in [5, 5.41) is 3.21. The Hall–Kier alpha value is -3.07. The maximum atomic E-state index is 13.0. The van der Waals surface area contributed by atoms with E-state index in [1.165, 1.54) is 24.9 Å². The standard InChI is InChI=1S/C25H26N2O/c28-25(22-14-16-23(17-15-22)27-18-8-3-9-19-27)26-24(20-10-4-1-5-11-20)21-12-6-2-7-13-21/h1-2,4-7,10-17,24H,3,8-9,18-19H2,(H,26,28). The highest BCUT2D eigenvalue weighted by molar-refractivity contribution is 5.95. The fraction of sp³-hybridized carbons (Fsp3) is 0.240. The summed E-state index contributed by atoms with van der Waals surface area (Å²) in [6.45, 7) is 2.21. The highest BCUT2D eigenvalue weighted by Crippen LogP contribution is 2.24. The Balaban J connectivity index is 1.53. The molecule has 0 atom stereocenters. The number of hydrogen-bond donors (Lipinski definition) is 1. The number of benzene rings is 3. The molecule has 3 aromatic rings. The van der Waals surface area contributed by atoms with Gasteiger partial charge in [0.1, 0.15) is 0 Å². The summed E-state index contributed by atoms with van der Waals surface area (Å²) in [6.07, 6.45) is 3.81. The van der Waals surface area contributed by atoms with Gasteiger partial charge >= 0.3 is 0 Å². The number of amides is 1. The monoisotopic (exact) mass is 370 g/mol. The van der Waals surface area contributed by atoms with E-state index >= 15 is 0 Å². The van der Waals surface area contributed by atoms with Crippen molar-refractivity contribution in [2.45, 2.75) is 25.3 Å². The lowest BCUT2D eigenvalue weighted by Gasteiger charge is -2.28. The first-order valence-electron chi connectivity index (χ1n) is 10.1. The van der Waals surface area contributed by atoms with Crippen LogP contribution in [0.5, 0.6) is 0 Å². The second-order valence-corrected chi connectivity index (χ2v) is 7.32. The van der Waals surface area contributed by atoms with E-state index in [9.17, 15) is 4.79 Å². The molecule has 3 aromatic carbocycles. The zero-order valence-electron chi connectivity index (χ0n) is 16.1. The molecule has 0 bridgehead atoms. The molecule has 1 saturated heterocycles. The van der Waals surface area contributed by atoms with E-state index in [-0.39, 0.29) is 11.9 Å². The molecule has 1 amide bonds. The molecule has 0 aromatic heterocycles. The van der Waals surface area contributed by atoms with Gasteiger partial charge in [0, 0.05) is 24.3 Å². The van der Waals surface area contributed by atoms with Crippen LogP contribution in [-0.4, -0.2) is 19.0 Å². The van der Waals surface area contributed by atoms with Gasteiger partial charge in [-0.25, -0.2) is 0 Å². The Labute approximate surface area is 167 Å². The van der Waals surface area contributed by atoms with Crippen LogP contribution in [0.3, 0.4) is 0 Å². The maximum Gasteiger partial charge on any atom is 0.252 e. The molecule has 142 valence electrons. The molecule has 0 spiro atoms. The molecule has 1 fully saturated rings. The third kappa shape index (κ3) is 4.25. The van der Waals surface area contributed by atoms with E-state index in [1.807, 2.05) is 48.5 Å². The van der Waals surface area contributed by atoms with Crippen molar-refractivity contribution >= 4 is 11.6 Å². The fourth-order valence-electron chi connectivity index (χ4n) is 3.84. The number of piperidine rings is 1. The first-order valence-corrected chi connectivity index (χ1v) is 10.1. The van der Waals surface area contributed by atoms with Crippen LogP contribution in [-0.2, 0) is 0 Å². The Kier molecular flexibility index (Phi) is 5.72. The van der Waals surface area contributed by atoms with Gasteiger partial charge in [-0.3, -0.25) is 4.79 Å². The summed E-state index contributed by atoms with van der Waals surface area (Å²) in [7, 11) is 0. The average molecular weight is 370 g/mol. The number of carbonyl (C=O) groups excluding carboxylic acids is 1. The minimum atomic E-state index is -0.170. The minimum Gasteiger partial charge on any atom is -0.372 e. The van der Waals surface area contributed by atoms with Crippen molar-refractivity contribution in [3.63, 3.8) is 0 Å². The van der Waals surface area contributed by atoms with E-state index in [0.717, 1.165) is 24.2 Å². The number of nitrogens with zero attached hydrogens (tertiary/aromatic N) is 1. The lowest BCUT2D eigenvalue weighted by molar-refractivity contribution is 0.0943. The third-order valence-corrected chi connectivity index (χ3v) is 5.39. The Morgan fingerprint density at radius 2 is 1.25 bits per heavy atom. The molecular formula is C25H26N2O. The van der Waals surface area contributed by atoms with Gasteiger partial charge < -0.3 is 10.2 Å². The molecule has 1 N–H and O–H groups in total. The lowest BCUT2D eigenvalue weighted by Crippen LogP contribution is -2.30. The van der Waals surface area contributed by atoms with Crippen LogP contribution >= 0.6 is 0 Å². The molecule has 0 unspecified atom stereocenters. The van der Waals surface area contributed by atoms with Crippen LogP contribution in [0, 0.1) is 0 Å². The molecule has 0 aliphatic carbocycles. The predicted molar refractivity (Wildman–Crippen MR) is 115 cm³/mol. The van der Waals surface area contributed by atoms with Crippen molar-refractivity contribution in [1.82, 2.24) is 5.32 Å². The van der Waals surface area contributed by atoms with Gasteiger partial charge in [0.05, 0.1) is 6.04 Å². The van der Waals surface area contributed by atoms with Crippen LogP contribution in [0.25, 0.3) is 0 Å². The van der Waals surface area contributed by atoms with E-state index in [4.69, 9.17) is 0 Å². The van der Waals surface area contributed by atoms with Gasteiger partial charge in [0.15, 0.2) is 0 Å². The van der Waals surface area contributed by atoms with E-state index < -0.39 is 0 Å². The molecule has 1 heterocycles. The van der Waals surface area contributed by atoms with Crippen LogP contribution < -0.4 is 10.2 Å². The van der Waals surface area contributed by atoms with Gasteiger partial charge in [-0.05, 0) is 54.7 Å². The summed E-state index contributed by atoms with van der Waals surface area (Å²) in [4.78, 5) is 15.4. The number of carbonyl (C=O) groups is 1. The summed E-state index contributed by atoms with van der Waals surface area (Å²) in [5.74, 6) is -0.0529. The normalized spacial score (nSPS) is 14.1. The quantitative estimate of drug-likeness (QED) is 0.670. The zero-order chi connectivity index (χ0) is 19.2. The molecule has 0 radical (unpaired) electrons. The van der Waals surface area contributed by atoms with Crippen molar-refractivity contribution < 1.29 is 4.79 Å². The van der Waals surface area contributed by atoms with Gasteiger partial charge in [0.2, 0.25) is 0 Å². The van der Waals surface area contributed by atoms with Gasteiger partial charge in [0.25, 0.3) is 5.91 Å². The van der Waals surface area contributed by atoms with E-state index in [0.29, 0.717) is 5.56 Å². The molecule has 4 rings (SSSR count). The van der Waals surface area contributed by atoms with Crippen molar-refractivity contribution in [2.75, 3.05) is 18.0 Å². The highest BCUT2D eigenvalue weighted by atomic mass is 16.1. The molecule has 3 nitrogen and oxygen atoms in total. The molecule has 1 aliphatic heterocycles. The first kappa shape index (κ1) is 18.3. The third-order valence-electron chi connectivity index (χ3n) is 5.39. The zero-order valence-corrected chi connectivity index (χ0v) is 16.1. The van der Waals surface area contributed by atoms with Crippen LogP contribution in [0.1, 0.15) is 46.8 Å². The van der Waals surface area contributed by atoms with Gasteiger partial charge in [-0.15, -0.1) is 0 Å². The van der Waals surface area contributed by atoms with Crippen molar-refractivity contribution in [2.24, 2.45) is 0 Å². The second kappa shape index (κ2) is 8.75. The summed E-state index contributed by atoms with van der Waals surface area (Å²) >= 11 is 0. The Morgan fingerprint density at radius 1 is 0.714 bits per heavy atom. The first-order chi connectivity index (χ1) is 13.8. The number of rotatable bonds is 5. The number of anilines is 1. The lowest BCUT2D eigenvalue weighted by atomic mass is 9.98. The van der Waals surface area contributed by atoms with Crippen molar-refractivity contribution in [3.05, 3.63) is 102 Å². The summed E-state index contributed by atoms with van der Waals surface area (Å²) in [5.41, 5.74) is 4.05. The van der Waals surface area contributed by atoms with Gasteiger partial charge in [-0.1, -0.05) is 60.7 Å². The van der Waals surface area contributed by atoms with Gasteiger partial charge in [-0.2, -0.15) is 0 Å². The predicted octanol–water partition coefficient (Wildman–Crippen LogP) is 5.20. The summed E-state index contributed by atoms with van der Waals surface area (Å²) in [6, 6.07) is 28.1. The number of hydrogen-bond acceptors (Lipinski definition) is 2. The molecular weight excluding hydrogens is 344 g/mol. The summed E-state index contributed by atoms with van der Waals surface area (Å²) < 4.78 is 0. The van der Waals surface area contributed by atoms with Crippen LogP contribution in [0.15, 0.2) is 84.9 Å². The largest absolute Gasteiger partial charge is 0.372 e. The number of nitrogens with one attached hydrogen (secondary N) is 1. The SMILES string of the molecule is O=C(NC(c1ccccc1)c1ccccc1)c1ccc(N2CCCCC2)cc1. The fourth-order valence-corrected chi connectivity index (χ4v) is 3.84. The molecule has 28 heavy (non-hydrogen) atoms. The minimum absolute atomic E-state index is 0.0529. The second-order valence-electron chi connectivity index (χ2n) is 7.32. The smallest absolute Gasteiger partial charge is 0.252 e. The van der Waals surface area contributed by atoms with Crippen molar-refractivity contribution in [1.29, 1.82) is 0 Å². The van der Waals surface area contributed by atoms with Crippen LogP contribution in [0.2, 0.25) is 0 Å². The molecule has 3 heteroatoms. The molecule has 1 aliphatic rings. The topological polar surface area (TPSA) is 32.3 Å². The molecule has 0 saturated carbocycles. The maximum absolute atomic E-state index is 13.0. The van der Waals surface area contributed by atoms with E-state index in [1.54, 1.807) is 0 Å². The average Bonchev–Trinajstić information content (AvgIpc) is 2.79.